The number of piperazine rings is 1. The SMILES string of the molecule is CC(C)C(C(=O)N1CCCC1C(=O)O)N1CCN(CCO)CC1. The van der Waals surface area contributed by atoms with Crippen LogP contribution in [0.5, 0.6) is 0 Å². The molecule has 2 heterocycles. The van der Waals surface area contributed by atoms with Crippen LogP contribution in [-0.2, 0) is 9.59 Å². The van der Waals surface area contributed by atoms with Crippen molar-refractivity contribution in [3.63, 3.8) is 0 Å². The molecule has 0 aromatic heterocycles. The average Bonchev–Trinajstić information content (AvgIpc) is 2.99. The molecule has 0 saturated carbocycles. The number of hydrogen-bond donors (Lipinski definition) is 2. The molecule has 2 fully saturated rings. The molecule has 2 aliphatic heterocycles. The maximum atomic E-state index is 13.0. The smallest absolute Gasteiger partial charge is 0.326 e. The predicted octanol–water partition coefficient (Wildman–Crippen LogP) is -0.303. The molecule has 0 aromatic rings. The van der Waals surface area contributed by atoms with Gasteiger partial charge in [0.1, 0.15) is 6.04 Å². The fourth-order valence-electron chi connectivity index (χ4n) is 3.73. The number of nitrogens with zero attached hydrogens (tertiary/aromatic N) is 3. The molecule has 2 atom stereocenters. The molecule has 7 nitrogen and oxygen atoms in total. The molecule has 7 heteroatoms. The largest absolute Gasteiger partial charge is 0.480 e. The van der Waals surface area contributed by atoms with Gasteiger partial charge in [-0.2, -0.15) is 0 Å². The quantitative estimate of drug-likeness (QED) is 0.697. The number of aliphatic hydroxyl groups excluding tert-OH is 1. The predicted molar refractivity (Wildman–Crippen MR) is 86.1 cm³/mol. The van der Waals surface area contributed by atoms with E-state index in [1.807, 2.05) is 13.8 Å². The van der Waals surface area contributed by atoms with Crippen LogP contribution in [0, 0.1) is 5.92 Å². The minimum atomic E-state index is -0.897. The maximum Gasteiger partial charge on any atom is 0.326 e. The van der Waals surface area contributed by atoms with Gasteiger partial charge in [0.2, 0.25) is 5.91 Å². The molecule has 0 aromatic carbocycles. The molecule has 1 amide bonds. The number of carboxylic acid groups (broad SMARTS) is 1. The second-order valence-corrected chi connectivity index (χ2v) is 6.82. The van der Waals surface area contributed by atoms with Gasteiger partial charge in [0.25, 0.3) is 0 Å². The number of β-amino-alcohol motifs (C(OH)–C–C–N with tert-alkyl or cyclic N) is 1. The summed E-state index contributed by atoms with van der Waals surface area (Å²) in [6, 6.07) is -0.925. The Morgan fingerprint density at radius 3 is 2.30 bits per heavy atom. The Kier molecular flexibility index (Phi) is 6.38. The van der Waals surface area contributed by atoms with E-state index in [0.717, 1.165) is 32.6 Å². The first kappa shape index (κ1) is 18.2. The minimum absolute atomic E-state index is 0.0412. The standard InChI is InChI=1S/C16H29N3O4/c1-12(2)14(18-8-6-17(7-9-18)10-11-20)15(21)19-5-3-4-13(19)16(22)23/h12-14,20H,3-11H2,1-2H3,(H,22,23). The van der Waals surface area contributed by atoms with Crippen molar-refractivity contribution in [1.82, 2.24) is 14.7 Å². The number of aliphatic hydroxyl groups is 1. The van der Waals surface area contributed by atoms with Crippen LogP contribution in [0.25, 0.3) is 0 Å². The highest BCUT2D eigenvalue weighted by molar-refractivity contribution is 5.87. The van der Waals surface area contributed by atoms with Crippen LogP contribution in [0.15, 0.2) is 0 Å². The van der Waals surface area contributed by atoms with Crippen molar-refractivity contribution in [2.45, 2.75) is 38.8 Å². The summed E-state index contributed by atoms with van der Waals surface area (Å²) in [7, 11) is 0. The fraction of sp³-hybridized carbons (Fsp3) is 0.875. The molecule has 0 spiro atoms. The van der Waals surface area contributed by atoms with E-state index in [9.17, 15) is 14.7 Å². The molecule has 132 valence electrons. The normalized spacial score (nSPS) is 25.0. The summed E-state index contributed by atoms with van der Waals surface area (Å²) in [5.41, 5.74) is 0. The highest BCUT2D eigenvalue weighted by atomic mass is 16.4. The number of hydrogen-bond acceptors (Lipinski definition) is 5. The lowest BCUT2D eigenvalue weighted by Gasteiger charge is -2.41. The highest BCUT2D eigenvalue weighted by Gasteiger charge is 2.40. The lowest BCUT2D eigenvalue weighted by Crippen LogP contribution is -2.58. The van der Waals surface area contributed by atoms with Crippen LogP contribution in [-0.4, -0.2) is 94.7 Å². The average molecular weight is 327 g/mol. The Morgan fingerprint density at radius 1 is 1.13 bits per heavy atom. The molecule has 0 bridgehead atoms. The number of carbonyl (C=O) groups excluding carboxylic acids is 1. The molecule has 2 aliphatic rings. The Morgan fingerprint density at radius 2 is 1.78 bits per heavy atom. The molecular weight excluding hydrogens is 298 g/mol. The van der Waals surface area contributed by atoms with Gasteiger partial charge in [0, 0.05) is 39.3 Å². The van der Waals surface area contributed by atoms with Gasteiger partial charge in [-0.15, -0.1) is 0 Å². The summed E-state index contributed by atoms with van der Waals surface area (Å²) in [6.07, 6.45) is 1.31. The van der Waals surface area contributed by atoms with Gasteiger partial charge in [0.05, 0.1) is 12.6 Å². The van der Waals surface area contributed by atoms with Crippen molar-refractivity contribution in [1.29, 1.82) is 0 Å². The van der Waals surface area contributed by atoms with Crippen LogP contribution in [0.1, 0.15) is 26.7 Å². The third-order valence-corrected chi connectivity index (χ3v) is 4.92. The molecule has 2 N–H and O–H groups in total. The second kappa shape index (κ2) is 8.08. The van der Waals surface area contributed by atoms with E-state index >= 15 is 0 Å². The van der Waals surface area contributed by atoms with Crippen LogP contribution in [0.2, 0.25) is 0 Å². The summed E-state index contributed by atoms with van der Waals surface area (Å²) < 4.78 is 0. The van der Waals surface area contributed by atoms with Gasteiger partial charge in [0.15, 0.2) is 0 Å². The van der Waals surface area contributed by atoms with Gasteiger partial charge >= 0.3 is 5.97 Å². The molecule has 2 saturated heterocycles. The topological polar surface area (TPSA) is 84.3 Å². The Bertz CT molecular complexity index is 422. The zero-order chi connectivity index (χ0) is 17.0. The zero-order valence-electron chi connectivity index (χ0n) is 14.1. The molecule has 0 aliphatic carbocycles. The Labute approximate surface area is 137 Å². The van der Waals surface area contributed by atoms with Crippen molar-refractivity contribution >= 4 is 11.9 Å². The number of amides is 1. The molecular formula is C16H29N3O4. The summed E-state index contributed by atoms with van der Waals surface area (Å²) in [5, 5.41) is 18.3. The van der Waals surface area contributed by atoms with Gasteiger partial charge < -0.3 is 15.1 Å². The third kappa shape index (κ3) is 4.22. The van der Waals surface area contributed by atoms with Crippen LogP contribution in [0.4, 0.5) is 0 Å². The van der Waals surface area contributed by atoms with Crippen molar-refractivity contribution in [3.05, 3.63) is 0 Å². The number of carboxylic acids is 1. The number of carbonyl (C=O) groups is 2. The third-order valence-electron chi connectivity index (χ3n) is 4.92. The first-order chi connectivity index (χ1) is 11.0. The summed E-state index contributed by atoms with van der Waals surface area (Å²) in [6.45, 7) is 8.63. The number of aliphatic carboxylic acids is 1. The van der Waals surface area contributed by atoms with E-state index in [0.29, 0.717) is 19.5 Å². The van der Waals surface area contributed by atoms with Gasteiger partial charge in [-0.25, -0.2) is 4.79 Å². The van der Waals surface area contributed by atoms with Gasteiger partial charge in [-0.3, -0.25) is 14.6 Å². The lowest BCUT2D eigenvalue weighted by molar-refractivity contribution is -0.151. The van der Waals surface area contributed by atoms with Crippen molar-refractivity contribution in [3.8, 4) is 0 Å². The van der Waals surface area contributed by atoms with Gasteiger partial charge in [-0.1, -0.05) is 13.8 Å². The van der Waals surface area contributed by atoms with E-state index < -0.39 is 12.0 Å². The Hall–Kier alpha value is -1.18. The molecule has 23 heavy (non-hydrogen) atoms. The summed E-state index contributed by atoms with van der Waals surface area (Å²) in [4.78, 5) is 30.3. The second-order valence-electron chi connectivity index (χ2n) is 6.82. The van der Waals surface area contributed by atoms with E-state index in [1.54, 1.807) is 4.90 Å². The minimum Gasteiger partial charge on any atom is -0.480 e. The number of rotatable bonds is 6. The Balaban J connectivity index is 2.04. The van der Waals surface area contributed by atoms with Crippen LogP contribution < -0.4 is 0 Å². The van der Waals surface area contributed by atoms with Crippen molar-refractivity contribution in [2.24, 2.45) is 5.92 Å². The van der Waals surface area contributed by atoms with Gasteiger partial charge in [-0.05, 0) is 18.8 Å². The maximum absolute atomic E-state index is 13.0. The molecule has 2 unspecified atom stereocenters. The van der Waals surface area contributed by atoms with E-state index in [-0.39, 0.29) is 24.5 Å². The van der Waals surface area contributed by atoms with Crippen LogP contribution in [0.3, 0.4) is 0 Å². The zero-order valence-corrected chi connectivity index (χ0v) is 14.1. The molecule has 2 rings (SSSR count). The van der Waals surface area contributed by atoms with Crippen molar-refractivity contribution < 1.29 is 19.8 Å². The summed E-state index contributed by atoms with van der Waals surface area (Å²) >= 11 is 0. The van der Waals surface area contributed by atoms with E-state index in [4.69, 9.17) is 5.11 Å². The first-order valence-electron chi connectivity index (χ1n) is 8.56. The highest BCUT2D eigenvalue weighted by Crippen LogP contribution is 2.23. The monoisotopic (exact) mass is 327 g/mol. The lowest BCUT2D eigenvalue weighted by atomic mass is 9.99. The molecule has 0 radical (unpaired) electrons. The number of likely N-dealkylation sites (tertiary alicyclic amines) is 1. The first-order valence-corrected chi connectivity index (χ1v) is 8.56. The van der Waals surface area contributed by atoms with Crippen LogP contribution >= 0.6 is 0 Å². The van der Waals surface area contributed by atoms with E-state index in [2.05, 4.69) is 9.80 Å². The van der Waals surface area contributed by atoms with E-state index in [1.165, 1.54) is 0 Å². The fourth-order valence-corrected chi connectivity index (χ4v) is 3.73. The summed E-state index contributed by atoms with van der Waals surface area (Å²) in [5.74, 6) is -0.798. The van der Waals surface area contributed by atoms with Crippen molar-refractivity contribution in [2.75, 3.05) is 45.9 Å².